The smallest absolute Gasteiger partial charge is 0.214 e. The van der Waals surface area contributed by atoms with Crippen LogP contribution in [0.4, 0.5) is 0 Å². The lowest BCUT2D eigenvalue weighted by molar-refractivity contribution is 0.113. The molecule has 1 saturated heterocycles. The molecule has 124 valence electrons. The van der Waals surface area contributed by atoms with E-state index in [4.69, 9.17) is 9.47 Å². The second kappa shape index (κ2) is 7.80. The monoisotopic (exact) mass is 329 g/mol. The fourth-order valence-electron chi connectivity index (χ4n) is 2.35. The largest absolute Gasteiger partial charge is 0.497 e. The summed E-state index contributed by atoms with van der Waals surface area (Å²) in [6.45, 7) is 1.16. The van der Waals surface area contributed by atoms with Gasteiger partial charge in [0.2, 0.25) is 10.0 Å². The molecular weight excluding hydrogens is 306 g/mol. The SMILES string of the molecule is COc1ccc(OCCCS(=O)(=O)N2CCC(O)CC2)cc1. The van der Waals surface area contributed by atoms with Gasteiger partial charge in [0.05, 0.1) is 25.6 Å². The summed E-state index contributed by atoms with van der Waals surface area (Å²) in [5.74, 6) is 1.51. The molecule has 0 spiro atoms. The Kier molecular flexibility index (Phi) is 6.05. The molecule has 0 radical (unpaired) electrons. The van der Waals surface area contributed by atoms with E-state index in [0.717, 1.165) is 5.75 Å². The van der Waals surface area contributed by atoms with Crippen LogP contribution in [0.25, 0.3) is 0 Å². The summed E-state index contributed by atoms with van der Waals surface area (Å²) in [6, 6.07) is 7.18. The van der Waals surface area contributed by atoms with Gasteiger partial charge in [0, 0.05) is 13.1 Å². The van der Waals surface area contributed by atoms with E-state index >= 15 is 0 Å². The third-order valence-corrected chi connectivity index (χ3v) is 5.65. The molecule has 7 heteroatoms. The molecule has 1 aliphatic heterocycles. The van der Waals surface area contributed by atoms with Crippen LogP contribution in [0.2, 0.25) is 0 Å². The zero-order valence-electron chi connectivity index (χ0n) is 12.8. The van der Waals surface area contributed by atoms with Crippen molar-refractivity contribution in [2.45, 2.75) is 25.4 Å². The lowest BCUT2D eigenvalue weighted by Gasteiger charge is -2.28. The number of aliphatic hydroxyl groups is 1. The molecule has 0 bridgehead atoms. The molecule has 1 fully saturated rings. The minimum absolute atomic E-state index is 0.0687. The first-order chi connectivity index (χ1) is 10.5. The van der Waals surface area contributed by atoms with Crippen molar-refractivity contribution in [2.24, 2.45) is 0 Å². The number of methoxy groups -OCH3 is 1. The third-order valence-electron chi connectivity index (χ3n) is 3.69. The van der Waals surface area contributed by atoms with Crippen molar-refractivity contribution >= 4 is 10.0 Å². The molecule has 2 rings (SSSR count). The molecule has 1 N–H and O–H groups in total. The van der Waals surface area contributed by atoms with Gasteiger partial charge in [-0.15, -0.1) is 0 Å². The van der Waals surface area contributed by atoms with Crippen LogP contribution >= 0.6 is 0 Å². The summed E-state index contributed by atoms with van der Waals surface area (Å²) >= 11 is 0. The van der Waals surface area contributed by atoms with E-state index in [0.29, 0.717) is 44.7 Å². The molecule has 1 aromatic rings. The summed E-state index contributed by atoms with van der Waals surface area (Å²) in [7, 11) is -1.65. The quantitative estimate of drug-likeness (QED) is 0.762. The molecule has 0 unspecified atom stereocenters. The average Bonchev–Trinajstić information content (AvgIpc) is 2.52. The Morgan fingerprint density at radius 1 is 1.18 bits per heavy atom. The lowest BCUT2D eigenvalue weighted by atomic mass is 10.1. The highest BCUT2D eigenvalue weighted by Gasteiger charge is 2.26. The van der Waals surface area contributed by atoms with Crippen LogP contribution in [-0.4, -0.2) is 56.5 Å². The van der Waals surface area contributed by atoms with Crippen LogP contribution in [0.3, 0.4) is 0 Å². The van der Waals surface area contributed by atoms with Crippen molar-refractivity contribution < 1.29 is 23.0 Å². The number of ether oxygens (including phenoxy) is 2. The highest BCUT2D eigenvalue weighted by atomic mass is 32.2. The Balaban J connectivity index is 1.73. The van der Waals surface area contributed by atoms with Crippen LogP contribution in [0.1, 0.15) is 19.3 Å². The number of rotatable bonds is 7. The van der Waals surface area contributed by atoms with Crippen LogP contribution in [0.15, 0.2) is 24.3 Å². The average molecular weight is 329 g/mol. The van der Waals surface area contributed by atoms with Gasteiger partial charge < -0.3 is 14.6 Å². The van der Waals surface area contributed by atoms with Gasteiger partial charge in [-0.05, 0) is 43.5 Å². The number of nitrogens with zero attached hydrogens (tertiary/aromatic N) is 1. The fourth-order valence-corrected chi connectivity index (χ4v) is 3.86. The molecule has 0 atom stereocenters. The van der Waals surface area contributed by atoms with Gasteiger partial charge in [-0.3, -0.25) is 0 Å². The van der Waals surface area contributed by atoms with Gasteiger partial charge in [-0.1, -0.05) is 0 Å². The maximum atomic E-state index is 12.2. The van der Waals surface area contributed by atoms with Gasteiger partial charge in [0.25, 0.3) is 0 Å². The van der Waals surface area contributed by atoms with E-state index < -0.39 is 10.0 Å². The van der Waals surface area contributed by atoms with Crippen molar-refractivity contribution in [3.05, 3.63) is 24.3 Å². The Morgan fingerprint density at radius 3 is 2.36 bits per heavy atom. The molecule has 0 saturated carbocycles. The molecule has 1 aromatic carbocycles. The van der Waals surface area contributed by atoms with Gasteiger partial charge in [-0.2, -0.15) is 0 Å². The van der Waals surface area contributed by atoms with Crippen molar-refractivity contribution in [1.29, 1.82) is 0 Å². The van der Waals surface area contributed by atoms with Crippen LogP contribution in [0, 0.1) is 0 Å². The lowest BCUT2D eigenvalue weighted by Crippen LogP contribution is -2.41. The molecule has 1 heterocycles. The van der Waals surface area contributed by atoms with Gasteiger partial charge in [0.1, 0.15) is 11.5 Å². The maximum absolute atomic E-state index is 12.2. The minimum atomic E-state index is -3.25. The first-order valence-electron chi connectivity index (χ1n) is 7.44. The summed E-state index contributed by atoms with van der Waals surface area (Å²) in [5, 5.41) is 9.42. The first-order valence-corrected chi connectivity index (χ1v) is 9.05. The van der Waals surface area contributed by atoms with Crippen LogP contribution in [-0.2, 0) is 10.0 Å². The Labute approximate surface area is 131 Å². The number of benzene rings is 1. The number of piperidine rings is 1. The van der Waals surface area contributed by atoms with Crippen molar-refractivity contribution in [2.75, 3.05) is 32.6 Å². The van der Waals surface area contributed by atoms with Crippen molar-refractivity contribution in [1.82, 2.24) is 4.31 Å². The second-order valence-electron chi connectivity index (χ2n) is 5.32. The number of hydrogen-bond donors (Lipinski definition) is 1. The summed E-state index contributed by atoms with van der Waals surface area (Å²) in [4.78, 5) is 0. The maximum Gasteiger partial charge on any atom is 0.214 e. The summed E-state index contributed by atoms with van der Waals surface area (Å²) in [6.07, 6.45) is 1.10. The first kappa shape index (κ1) is 17.1. The molecule has 22 heavy (non-hydrogen) atoms. The highest BCUT2D eigenvalue weighted by Crippen LogP contribution is 2.18. The second-order valence-corrected chi connectivity index (χ2v) is 7.41. The van der Waals surface area contributed by atoms with Crippen molar-refractivity contribution in [3.8, 4) is 11.5 Å². The van der Waals surface area contributed by atoms with E-state index in [1.165, 1.54) is 4.31 Å². The van der Waals surface area contributed by atoms with Crippen molar-refractivity contribution in [3.63, 3.8) is 0 Å². The van der Waals surface area contributed by atoms with E-state index in [9.17, 15) is 13.5 Å². The predicted octanol–water partition coefficient (Wildman–Crippen LogP) is 1.25. The number of aliphatic hydroxyl groups excluding tert-OH is 1. The molecule has 0 amide bonds. The van der Waals surface area contributed by atoms with E-state index in [2.05, 4.69) is 0 Å². The molecule has 0 aromatic heterocycles. The Bertz CT molecular complexity index is 550. The zero-order chi connectivity index (χ0) is 16.0. The van der Waals surface area contributed by atoms with E-state index in [1.807, 2.05) is 0 Å². The molecule has 1 aliphatic rings. The topological polar surface area (TPSA) is 76.1 Å². The number of hydrogen-bond acceptors (Lipinski definition) is 5. The van der Waals surface area contributed by atoms with Crippen LogP contribution < -0.4 is 9.47 Å². The molecular formula is C15H23NO5S. The molecule has 6 nitrogen and oxygen atoms in total. The van der Waals surface area contributed by atoms with E-state index in [1.54, 1.807) is 31.4 Å². The van der Waals surface area contributed by atoms with Crippen LogP contribution in [0.5, 0.6) is 11.5 Å². The third kappa shape index (κ3) is 4.86. The van der Waals surface area contributed by atoms with Gasteiger partial charge >= 0.3 is 0 Å². The van der Waals surface area contributed by atoms with Gasteiger partial charge in [-0.25, -0.2) is 12.7 Å². The number of sulfonamides is 1. The minimum Gasteiger partial charge on any atom is -0.497 e. The van der Waals surface area contributed by atoms with E-state index in [-0.39, 0.29) is 11.9 Å². The van der Waals surface area contributed by atoms with Gasteiger partial charge in [0.15, 0.2) is 0 Å². The fraction of sp³-hybridized carbons (Fsp3) is 0.600. The zero-order valence-corrected chi connectivity index (χ0v) is 13.6. The Hall–Kier alpha value is -1.31. The Morgan fingerprint density at radius 2 is 1.77 bits per heavy atom. The standard InChI is InChI=1S/C15H23NO5S/c1-20-14-3-5-15(6-4-14)21-11-2-12-22(18,19)16-9-7-13(17)8-10-16/h3-6,13,17H,2,7-12H2,1H3. The predicted molar refractivity (Wildman–Crippen MR) is 83.7 cm³/mol. The molecule has 0 aliphatic carbocycles. The summed E-state index contributed by atoms with van der Waals surface area (Å²) in [5.41, 5.74) is 0. The highest BCUT2D eigenvalue weighted by molar-refractivity contribution is 7.89. The summed E-state index contributed by atoms with van der Waals surface area (Å²) < 4.78 is 36.4. The normalized spacial score (nSPS) is 17.4.